The van der Waals surface area contributed by atoms with E-state index in [1.165, 1.54) is 0 Å². The monoisotopic (exact) mass is 251 g/mol. The molecule has 0 amide bonds. The molecule has 0 aromatic heterocycles. The number of carbonyl (C=O) groups is 1. The summed E-state index contributed by atoms with van der Waals surface area (Å²) < 4.78 is 5.03. The van der Waals surface area contributed by atoms with E-state index >= 15 is 0 Å². The summed E-state index contributed by atoms with van der Waals surface area (Å²) in [5, 5.41) is 9.59. The third-order valence-corrected chi connectivity index (χ3v) is 2.68. The Balaban J connectivity index is 2.19. The minimum Gasteiger partial charge on any atom is -0.459 e. The van der Waals surface area contributed by atoms with E-state index in [2.05, 4.69) is 0 Å². The predicted molar refractivity (Wildman–Crippen MR) is 69.8 cm³/mol. The molecule has 0 aliphatic carbocycles. The van der Waals surface area contributed by atoms with Crippen molar-refractivity contribution in [2.24, 2.45) is 5.73 Å². The molecule has 0 radical (unpaired) electrons. The molecule has 1 unspecified atom stereocenters. The first-order chi connectivity index (χ1) is 8.74. The summed E-state index contributed by atoms with van der Waals surface area (Å²) in [6.07, 6.45) is 2.06. The number of aliphatic hydroxyl groups excluding tert-OH is 1. The molecule has 4 nitrogen and oxygen atoms in total. The van der Waals surface area contributed by atoms with Crippen LogP contribution in [-0.4, -0.2) is 23.7 Å². The number of esters is 1. The van der Waals surface area contributed by atoms with Crippen LogP contribution in [0, 0.1) is 0 Å². The first-order valence-electron chi connectivity index (χ1n) is 6.32. The van der Waals surface area contributed by atoms with Gasteiger partial charge in [-0.3, -0.25) is 0 Å². The van der Waals surface area contributed by atoms with Crippen molar-refractivity contribution in [3.63, 3.8) is 0 Å². The summed E-state index contributed by atoms with van der Waals surface area (Å²) in [5.41, 5.74) is 6.28. The summed E-state index contributed by atoms with van der Waals surface area (Å²) in [5.74, 6) is -0.549. The Hall–Kier alpha value is -1.39. The number of aliphatic hydroxyl groups is 1. The Morgan fingerprint density at radius 3 is 2.61 bits per heavy atom. The molecule has 1 atom stereocenters. The number of benzene rings is 1. The molecular weight excluding hydrogens is 230 g/mol. The van der Waals surface area contributed by atoms with E-state index < -0.39 is 12.1 Å². The van der Waals surface area contributed by atoms with Crippen molar-refractivity contribution in [3.05, 3.63) is 35.9 Å². The Kier molecular flexibility index (Phi) is 7.06. The lowest BCUT2D eigenvalue weighted by Gasteiger charge is -2.10. The predicted octanol–water partition coefficient (Wildman–Crippen LogP) is 1.61. The van der Waals surface area contributed by atoms with Gasteiger partial charge in [0.1, 0.15) is 6.61 Å². The van der Waals surface area contributed by atoms with Crippen molar-refractivity contribution in [3.8, 4) is 0 Å². The van der Waals surface area contributed by atoms with Crippen LogP contribution in [0.2, 0.25) is 0 Å². The van der Waals surface area contributed by atoms with Crippen LogP contribution in [0.3, 0.4) is 0 Å². The molecule has 3 N–H and O–H groups in total. The maximum absolute atomic E-state index is 11.5. The summed E-state index contributed by atoms with van der Waals surface area (Å²) in [6.45, 7) is 0.855. The van der Waals surface area contributed by atoms with Gasteiger partial charge in [0, 0.05) is 0 Å². The lowest BCUT2D eigenvalue weighted by Crippen LogP contribution is -2.22. The van der Waals surface area contributed by atoms with Gasteiger partial charge in [0.25, 0.3) is 0 Å². The van der Waals surface area contributed by atoms with E-state index in [0.29, 0.717) is 13.0 Å². The van der Waals surface area contributed by atoms with E-state index in [9.17, 15) is 9.90 Å². The summed E-state index contributed by atoms with van der Waals surface area (Å²) in [4.78, 5) is 11.5. The Morgan fingerprint density at radius 1 is 1.22 bits per heavy atom. The summed E-state index contributed by atoms with van der Waals surface area (Å²) >= 11 is 0. The third-order valence-electron chi connectivity index (χ3n) is 2.68. The number of rotatable bonds is 8. The van der Waals surface area contributed by atoms with Gasteiger partial charge in [-0.15, -0.1) is 0 Å². The SMILES string of the molecule is NCCCCCC(O)C(=O)OCc1ccccc1. The van der Waals surface area contributed by atoms with Crippen molar-refractivity contribution in [1.29, 1.82) is 0 Å². The van der Waals surface area contributed by atoms with Crippen molar-refractivity contribution < 1.29 is 14.6 Å². The van der Waals surface area contributed by atoms with Crippen LogP contribution >= 0.6 is 0 Å². The number of ether oxygens (including phenoxy) is 1. The second kappa shape index (κ2) is 8.66. The quantitative estimate of drug-likeness (QED) is 0.544. The molecule has 100 valence electrons. The first-order valence-corrected chi connectivity index (χ1v) is 6.32. The fourth-order valence-electron chi connectivity index (χ4n) is 1.60. The van der Waals surface area contributed by atoms with Gasteiger partial charge in [0.15, 0.2) is 6.10 Å². The summed E-state index contributed by atoms with van der Waals surface area (Å²) in [6, 6.07) is 9.41. The Labute approximate surface area is 108 Å². The molecule has 1 aromatic rings. The van der Waals surface area contributed by atoms with Gasteiger partial charge in [0.05, 0.1) is 0 Å². The minimum absolute atomic E-state index is 0.208. The van der Waals surface area contributed by atoms with E-state index in [1.54, 1.807) is 0 Å². The number of unbranched alkanes of at least 4 members (excludes halogenated alkanes) is 2. The highest BCUT2D eigenvalue weighted by Gasteiger charge is 2.15. The molecule has 0 saturated carbocycles. The number of hydrogen-bond donors (Lipinski definition) is 2. The lowest BCUT2D eigenvalue weighted by atomic mass is 10.1. The van der Waals surface area contributed by atoms with Crippen LogP contribution in [0.4, 0.5) is 0 Å². The zero-order chi connectivity index (χ0) is 13.2. The molecule has 18 heavy (non-hydrogen) atoms. The van der Waals surface area contributed by atoms with Gasteiger partial charge in [-0.05, 0) is 24.9 Å². The van der Waals surface area contributed by atoms with Crippen LogP contribution < -0.4 is 5.73 Å². The average Bonchev–Trinajstić information content (AvgIpc) is 2.42. The highest BCUT2D eigenvalue weighted by molar-refractivity contribution is 5.74. The molecule has 4 heteroatoms. The number of hydrogen-bond acceptors (Lipinski definition) is 4. The van der Waals surface area contributed by atoms with Gasteiger partial charge in [0.2, 0.25) is 0 Å². The van der Waals surface area contributed by atoms with Crippen LogP contribution in [0.5, 0.6) is 0 Å². The van der Waals surface area contributed by atoms with Gasteiger partial charge in [-0.2, -0.15) is 0 Å². The molecule has 0 aliphatic heterocycles. The fourth-order valence-corrected chi connectivity index (χ4v) is 1.60. The van der Waals surface area contributed by atoms with Crippen LogP contribution in [0.25, 0.3) is 0 Å². The highest BCUT2D eigenvalue weighted by Crippen LogP contribution is 2.07. The zero-order valence-corrected chi connectivity index (χ0v) is 10.5. The van der Waals surface area contributed by atoms with E-state index in [1.807, 2.05) is 30.3 Å². The second-order valence-electron chi connectivity index (χ2n) is 4.25. The number of carbonyl (C=O) groups excluding carboxylic acids is 1. The van der Waals surface area contributed by atoms with Gasteiger partial charge < -0.3 is 15.6 Å². The first kappa shape index (κ1) is 14.7. The average molecular weight is 251 g/mol. The Bertz CT molecular complexity index is 340. The van der Waals surface area contributed by atoms with Crippen molar-refractivity contribution in [2.75, 3.05) is 6.54 Å². The highest BCUT2D eigenvalue weighted by atomic mass is 16.5. The van der Waals surface area contributed by atoms with Gasteiger partial charge >= 0.3 is 5.97 Å². The van der Waals surface area contributed by atoms with Gasteiger partial charge in [-0.25, -0.2) is 4.79 Å². The topological polar surface area (TPSA) is 72.5 Å². The van der Waals surface area contributed by atoms with Crippen LogP contribution in [0.15, 0.2) is 30.3 Å². The molecule has 0 saturated heterocycles. The fraction of sp³-hybridized carbons (Fsp3) is 0.500. The smallest absolute Gasteiger partial charge is 0.335 e. The molecule has 0 bridgehead atoms. The van der Waals surface area contributed by atoms with Crippen molar-refractivity contribution >= 4 is 5.97 Å². The zero-order valence-electron chi connectivity index (χ0n) is 10.5. The van der Waals surface area contributed by atoms with E-state index in [0.717, 1.165) is 24.8 Å². The molecule has 0 heterocycles. The lowest BCUT2D eigenvalue weighted by molar-refractivity contribution is -0.155. The van der Waals surface area contributed by atoms with Crippen molar-refractivity contribution in [2.45, 2.75) is 38.4 Å². The third kappa shape index (κ3) is 5.80. The molecular formula is C14H21NO3. The summed E-state index contributed by atoms with van der Waals surface area (Å²) in [7, 11) is 0. The van der Waals surface area contributed by atoms with Crippen molar-refractivity contribution in [1.82, 2.24) is 0 Å². The van der Waals surface area contributed by atoms with Crippen LogP contribution in [-0.2, 0) is 16.1 Å². The maximum atomic E-state index is 11.5. The largest absolute Gasteiger partial charge is 0.459 e. The van der Waals surface area contributed by atoms with E-state index in [4.69, 9.17) is 10.5 Å². The Morgan fingerprint density at radius 2 is 1.94 bits per heavy atom. The second-order valence-corrected chi connectivity index (χ2v) is 4.25. The minimum atomic E-state index is -1.02. The maximum Gasteiger partial charge on any atom is 0.335 e. The molecule has 1 aromatic carbocycles. The normalized spacial score (nSPS) is 12.1. The van der Waals surface area contributed by atoms with Gasteiger partial charge in [-0.1, -0.05) is 43.2 Å². The molecule has 0 fully saturated rings. The standard InChI is InChI=1S/C14H21NO3/c15-10-6-2-5-9-13(16)14(17)18-11-12-7-3-1-4-8-12/h1,3-4,7-8,13,16H,2,5-6,9-11,15H2. The molecule has 0 aliphatic rings. The van der Waals surface area contributed by atoms with Crippen LogP contribution in [0.1, 0.15) is 31.2 Å². The van der Waals surface area contributed by atoms with E-state index in [-0.39, 0.29) is 6.61 Å². The number of nitrogens with two attached hydrogens (primary N) is 1. The molecule has 1 rings (SSSR count). The molecule has 0 spiro atoms.